The van der Waals surface area contributed by atoms with Crippen molar-refractivity contribution >= 4 is 53.7 Å². The standard InChI is InChI=1S/C12H16BrNO.C12H17BrO2.C10H12BrNO2.3CH4/c1-14(2)12(6-7-12)10-5-4-9(13)8-11(10)15-3;1-4-8-6-9(13)7-11(15-3)12(8)10(14)5-2;1-12(2)10(13)8-5-4-7(11)6-9(8)14-3;;;/h4-5,8H,6-7H2,1-3H3;6-7,10,14H,4-5H2,1-3H3;4-6H,1-3H3;3*1H4. The molecule has 3 aromatic carbocycles. The van der Waals surface area contributed by atoms with Gasteiger partial charge in [-0.25, -0.2) is 0 Å². The molecule has 1 aliphatic rings. The molecule has 4 rings (SSSR count). The van der Waals surface area contributed by atoms with Gasteiger partial charge in [-0.1, -0.05) is 90.0 Å². The Morgan fingerprint density at radius 2 is 1.28 bits per heavy atom. The fourth-order valence-corrected chi connectivity index (χ4v) is 6.06. The number of hydrogen-bond acceptors (Lipinski definition) is 6. The lowest BCUT2D eigenvalue weighted by atomic mass is 9.98. The number of nitrogens with zero attached hydrogens (tertiary/aromatic N) is 2. The average Bonchev–Trinajstić information content (AvgIpc) is 3.82. The van der Waals surface area contributed by atoms with Crippen molar-refractivity contribution < 1.29 is 24.1 Å². The van der Waals surface area contributed by atoms with Gasteiger partial charge < -0.3 is 24.2 Å². The first-order valence-electron chi connectivity index (χ1n) is 14.4. The summed E-state index contributed by atoms with van der Waals surface area (Å²) >= 11 is 10.2. The van der Waals surface area contributed by atoms with E-state index in [1.165, 1.54) is 23.3 Å². The van der Waals surface area contributed by atoms with Crippen LogP contribution >= 0.6 is 47.8 Å². The van der Waals surface area contributed by atoms with E-state index in [1.807, 2.05) is 31.2 Å². The second-order valence-electron chi connectivity index (χ2n) is 10.8. The zero-order valence-corrected chi connectivity index (χ0v) is 31.9. The number of ether oxygens (including phenoxy) is 3. The molecule has 1 unspecified atom stereocenters. The molecule has 1 aliphatic carbocycles. The predicted molar refractivity (Wildman–Crippen MR) is 210 cm³/mol. The number of hydrogen-bond donors (Lipinski definition) is 1. The second-order valence-corrected chi connectivity index (χ2v) is 13.5. The van der Waals surface area contributed by atoms with Gasteiger partial charge in [0.15, 0.2) is 0 Å². The number of carbonyl (C=O) groups excluding carboxylic acids is 1. The highest BCUT2D eigenvalue weighted by molar-refractivity contribution is 9.11. The first-order chi connectivity index (χ1) is 20.8. The minimum Gasteiger partial charge on any atom is -0.496 e. The van der Waals surface area contributed by atoms with E-state index in [9.17, 15) is 9.90 Å². The smallest absolute Gasteiger partial charge is 0.257 e. The van der Waals surface area contributed by atoms with Gasteiger partial charge >= 0.3 is 0 Å². The maximum absolute atomic E-state index is 11.7. The van der Waals surface area contributed by atoms with Crippen molar-refractivity contribution in [1.29, 1.82) is 0 Å². The molecule has 0 radical (unpaired) electrons. The van der Waals surface area contributed by atoms with Crippen LogP contribution in [0.5, 0.6) is 17.2 Å². The van der Waals surface area contributed by atoms with Crippen LogP contribution in [0.2, 0.25) is 0 Å². The summed E-state index contributed by atoms with van der Waals surface area (Å²) in [6, 6.07) is 15.6. The molecule has 266 valence electrons. The van der Waals surface area contributed by atoms with Gasteiger partial charge in [-0.3, -0.25) is 9.69 Å². The van der Waals surface area contributed by atoms with Crippen LogP contribution in [0.1, 0.15) is 88.5 Å². The molecular weight excluding hydrogens is 792 g/mol. The van der Waals surface area contributed by atoms with E-state index < -0.39 is 6.10 Å². The van der Waals surface area contributed by atoms with Crippen LogP contribution in [-0.2, 0) is 12.0 Å². The first-order valence-corrected chi connectivity index (χ1v) is 16.8. The van der Waals surface area contributed by atoms with Gasteiger partial charge in [0, 0.05) is 44.2 Å². The minimum atomic E-state index is -0.442. The second kappa shape index (κ2) is 21.8. The molecule has 1 fully saturated rings. The van der Waals surface area contributed by atoms with Gasteiger partial charge in [-0.2, -0.15) is 0 Å². The Labute approximate surface area is 310 Å². The summed E-state index contributed by atoms with van der Waals surface area (Å²) in [6.45, 7) is 4.04. The largest absolute Gasteiger partial charge is 0.496 e. The maximum Gasteiger partial charge on any atom is 0.257 e. The maximum atomic E-state index is 11.7. The molecule has 3 aromatic rings. The minimum absolute atomic E-state index is 0. The van der Waals surface area contributed by atoms with E-state index in [4.69, 9.17) is 14.2 Å². The number of aliphatic hydroxyl groups is 1. The number of rotatable bonds is 9. The van der Waals surface area contributed by atoms with Crippen molar-refractivity contribution in [2.45, 2.75) is 73.5 Å². The van der Waals surface area contributed by atoms with Crippen LogP contribution < -0.4 is 14.2 Å². The Hall–Kier alpha value is -2.11. The molecule has 7 nitrogen and oxygen atoms in total. The third kappa shape index (κ3) is 12.4. The third-order valence-electron chi connectivity index (χ3n) is 7.56. The summed E-state index contributed by atoms with van der Waals surface area (Å²) in [6.07, 6.45) is 3.59. The Bertz CT molecular complexity index is 1370. The van der Waals surface area contributed by atoms with Crippen LogP contribution in [0.4, 0.5) is 0 Å². The highest BCUT2D eigenvalue weighted by Gasteiger charge is 2.48. The lowest BCUT2D eigenvalue weighted by Crippen LogP contribution is -2.27. The quantitative estimate of drug-likeness (QED) is 0.231. The van der Waals surface area contributed by atoms with E-state index in [2.05, 4.69) is 85.8 Å². The van der Waals surface area contributed by atoms with Crippen LogP contribution in [-0.4, -0.2) is 70.3 Å². The molecule has 47 heavy (non-hydrogen) atoms. The van der Waals surface area contributed by atoms with Gasteiger partial charge in [0.05, 0.1) is 33.0 Å². The number of carbonyl (C=O) groups is 1. The summed E-state index contributed by atoms with van der Waals surface area (Å²) in [7, 11) is 12.6. The predicted octanol–water partition coefficient (Wildman–Crippen LogP) is 10.5. The lowest BCUT2D eigenvalue weighted by Gasteiger charge is -2.26. The van der Waals surface area contributed by atoms with Crippen molar-refractivity contribution in [3.8, 4) is 17.2 Å². The lowest BCUT2D eigenvalue weighted by molar-refractivity contribution is 0.0824. The van der Waals surface area contributed by atoms with Crippen LogP contribution in [0.25, 0.3) is 0 Å². The summed E-state index contributed by atoms with van der Waals surface area (Å²) in [5.41, 5.74) is 4.15. The fraction of sp³-hybridized carbons (Fsp3) is 0.486. The SMILES string of the molecule is C.C.C.CCc1cc(Br)cc(OC)c1C(O)CC.COc1cc(Br)ccc1C(=O)N(C)C.COc1cc(Br)ccc1C1(N(C)C)CC1. The monoisotopic (exact) mass is 846 g/mol. The van der Waals surface area contributed by atoms with E-state index in [0.29, 0.717) is 17.7 Å². The summed E-state index contributed by atoms with van der Waals surface area (Å²) in [5.74, 6) is 2.26. The van der Waals surface area contributed by atoms with Gasteiger partial charge in [0.25, 0.3) is 5.91 Å². The molecule has 1 saturated carbocycles. The molecule has 0 aromatic heterocycles. The number of aliphatic hydroxyl groups excluding tert-OH is 1. The van der Waals surface area contributed by atoms with Crippen molar-refractivity contribution in [3.63, 3.8) is 0 Å². The normalized spacial score (nSPS) is 12.6. The molecule has 10 heteroatoms. The molecule has 0 heterocycles. The molecule has 0 aliphatic heterocycles. The van der Waals surface area contributed by atoms with Gasteiger partial charge in [0.1, 0.15) is 17.2 Å². The zero-order valence-electron chi connectivity index (χ0n) is 27.1. The van der Waals surface area contributed by atoms with Crippen molar-refractivity contribution in [2.75, 3.05) is 49.5 Å². The summed E-state index contributed by atoms with van der Waals surface area (Å²) in [5, 5.41) is 9.95. The van der Waals surface area contributed by atoms with E-state index in [-0.39, 0.29) is 33.7 Å². The Morgan fingerprint density at radius 3 is 1.70 bits per heavy atom. The molecule has 0 saturated heterocycles. The van der Waals surface area contributed by atoms with Crippen molar-refractivity contribution in [3.05, 3.63) is 84.2 Å². The van der Waals surface area contributed by atoms with Crippen LogP contribution in [0.15, 0.2) is 61.9 Å². The molecule has 0 spiro atoms. The molecular formula is C37H57Br3N2O5. The highest BCUT2D eigenvalue weighted by Crippen LogP contribution is 2.52. The zero-order chi connectivity index (χ0) is 33.2. The van der Waals surface area contributed by atoms with Crippen LogP contribution in [0.3, 0.4) is 0 Å². The Balaban J connectivity index is 0. The first kappa shape index (κ1) is 47.0. The van der Waals surface area contributed by atoms with Crippen molar-refractivity contribution in [1.82, 2.24) is 9.80 Å². The number of methoxy groups -OCH3 is 3. The van der Waals surface area contributed by atoms with Gasteiger partial charge in [0.2, 0.25) is 0 Å². The van der Waals surface area contributed by atoms with E-state index in [1.54, 1.807) is 47.6 Å². The number of halogens is 3. The van der Waals surface area contributed by atoms with E-state index in [0.717, 1.165) is 42.5 Å². The molecule has 1 atom stereocenters. The van der Waals surface area contributed by atoms with Crippen molar-refractivity contribution in [2.24, 2.45) is 0 Å². The van der Waals surface area contributed by atoms with Crippen LogP contribution in [0, 0.1) is 0 Å². The molecule has 1 amide bonds. The Morgan fingerprint density at radius 1 is 0.787 bits per heavy atom. The molecule has 0 bridgehead atoms. The number of aryl methyl sites for hydroxylation is 1. The summed E-state index contributed by atoms with van der Waals surface area (Å²) < 4.78 is 18.8. The number of amides is 1. The summed E-state index contributed by atoms with van der Waals surface area (Å²) in [4.78, 5) is 15.5. The molecule has 1 N–H and O–H groups in total. The third-order valence-corrected chi connectivity index (χ3v) is 9.00. The average molecular weight is 850 g/mol. The Kier molecular flexibility index (Phi) is 21.8. The fourth-order valence-electron chi connectivity index (χ4n) is 4.90. The topological polar surface area (TPSA) is 71.5 Å². The van der Waals surface area contributed by atoms with Gasteiger partial charge in [-0.15, -0.1) is 0 Å². The highest BCUT2D eigenvalue weighted by atomic mass is 79.9. The van der Waals surface area contributed by atoms with E-state index >= 15 is 0 Å². The number of benzene rings is 3. The van der Waals surface area contributed by atoms with Gasteiger partial charge in [-0.05, 0) is 87.8 Å².